The van der Waals surface area contributed by atoms with Gasteiger partial charge in [0.1, 0.15) is 0 Å². The molecule has 6 heteroatoms. The third kappa shape index (κ3) is 2.86. The molecule has 1 aliphatic rings. The van der Waals surface area contributed by atoms with Crippen molar-refractivity contribution in [3.05, 3.63) is 22.7 Å². The first kappa shape index (κ1) is 13.0. The van der Waals surface area contributed by atoms with Gasteiger partial charge in [0.25, 0.3) is 0 Å². The zero-order chi connectivity index (χ0) is 13.1. The SMILES string of the molecule is Cc1c(Cl)cc(NC(=O)O)cc1N1CCOCC1. The standard InChI is InChI=1S/C12H15ClN2O3/c1-8-10(13)6-9(14-12(16)17)7-11(8)15-2-4-18-5-3-15/h6-7,14H,2-5H2,1H3,(H,16,17). The number of ether oxygens (including phenoxy) is 1. The number of nitrogens with one attached hydrogen (secondary N) is 1. The summed E-state index contributed by atoms with van der Waals surface area (Å²) in [6.45, 7) is 4.85. The molecule has 0 unspecified atom stereocenters. The Morgan fingerprint density at radius 3 is 2.72 bits per heavy atom. The molecule has 1 saturated heterocycles. The summed E-state index contributed by atoms with van der Waals surface area (Å²) in [7, 11) is 0. The highest BCUT2D eigenvalue weighted by molar-refractivity contribution is 6.32. The van der Waals surface area contributed by atoms with Gasteiger partial charge in [-0.1, -0.05) is 11.6 Å². The van der Waals surface area contributed by atoms with Crippen molar-refractivity contribution >= 4 is 29.1 Å². The summed E-state index contributed by atoms with van der Waals surface area (Å²) in [5, 5.41) is 11.6. The molecule has 1 aromatic rings. The van der Waals surface area contributed by atoms with E-state index in [1.165, 1.54) is 0 Å². The van der Waals surface area contributed by atoms with E-state index < -0.39 is 6.09 Å². The summed E-state index contributed by atoms with van der Waals surface area (Å²) in [6.07, 6.45) is -1.09. The molecule has 0 atom stereocenters. The molecule has 0 aromatic heterocycles. The molecule has 1 amide bonds. The van der Waals surface area contributed by atoms with Gasteiger partial charge in [0.2, 0.25) is 0 Å². The second-order valence-electron chi connectivity index (χ2n) is 4.13. The van der Waals surface area contributed by atoms with Gasteiger partial charge in [-0.15, -0.1) is 0 Å². The molecule has 5 nitrogen and oxygen atoms in total. The molecule has 0 radical (unpaired) electrons. The van der Waals surface area contributed by atoms with Crippen molar-refractivity contribution in [2.45, 2.75) is 6.92 Å². The van der Waals surface area contributed by atoms with E-state index >= 15 is 0 Å². The van der Waals surface area contributed by atoms with E-state index in [1.807, 2.05) is 6.92 Å². The second kappa shape index (κ2) is 5.46. The van der Waals surface area contributed by atoms with Gasteiger partial charge >= 0.3 is 6.09 Å². The van der Waals surface area contributed by atoms with Gasteiger partial charge in [0.05, 0.1) is 13.2 Å². The van der Waals surface area contributed by atoms with E-state index in [0.717, 1.165) is 24.3 Å². The van der Waals surface area contributed by atoms with Crippen LogP contribution in [0.25, 0.3) is 0 Å². The highest BCUT2D eigenvalue weighted by Gasteiger charge is 2.16. The van der Waals surface area contributed by atoms with Gasteiger partial charge in [-0.25, -0.2) is 4.79 Å². The van der Waals surface area contributed by atoms with Crippen LogP contribution in [0.1, 0.15) is 5.56 Å². The first-order valence-corrected chi connectivity index (χ1v) is 6.08. The molecular formula is C12H15ClN2O3. The number of morpholine rings is 1. The zero-order valence-electron chi connectivity index (χ0n) is 10.1. The smallest absolute Gasteiger partial charge is 0.409 e. The lowest BCUT2D eigenvalue weighted by atomic mass is 10.1. The molecule has 0 saturated carbocycles. The molecule has 2 N–H and O–H groups in total. The van der Waals surface area contributed by atoms with Gasteiger partial charge in [-0.3, -0.25) is 5.32 Å². The summed E-state index contributed by atoms with van der Waals surface area (Å²) < 4.78 is 5.30. The van der Waals surface area contributed by atoms with Crippen LogP contribution in [0, 0.1) is 6.92 Å². The minimum atomic E-state index is -1.09. The number of hydrogen-bond acceptors (Lipinski definition) is 3. The molecule has 98 valence electrons. The number of anilines is 2. The lowest BCUT2D eigenvalue weighted by molar-refractivity contribution is 0.122. The number of benzene rings is 1. The fourth-order valence-electron chi connectivity index (χ4n) is 1.99. The van der Waals surface area contributed by atoms with E-state index in [0.29, 0.717) is 23.9 Å². The van der Waals surface area contributed by atoms with E-state index in [1.54, 1.807) is 12.1 Å². The largest absolute Gasteiger partial charge is 0.465 e. The normalized spacial score (nSPS) is 15.6. The molecule has 0 spiro atoms. The lowest BCUT2D eigenvalue weighted by Crippen LogP contribution is -2.36. The summed E-state index contributed by atoms with van der Waals surface area (Å²) in [5.41, 5.74) is 2.39. The van der Waals surface area contributed by atoms with Crippen molar-refractivity contribution in [2.24, 2.45) is 0 Å². The molecule has 0 aliphatic carbocycles. The van der Waals surface area contributed by atoms with Crippen LogP contribution < -0.4 is 10.2 Å². The van der Waals surface area contributed by atoms with E-state index in [9.17, 15) is 4.79 Å². The van der Waals surface area contributed by atoms with Gasteiger partial charge in [-0.2, -0.15) is 0 Å². The summed E-state index contributed by atoms with van der Waals surface area (Å²) in [4.78, 5) is 12.8. The molecule has 1 aromatic carbocycles. The summed E-state index contributed by atoms with van der Waals surface area (Å²) >= 11 is 6.13. The Morgan fingerprint density at radius 2 is 2.11 bits per heavy atom. The van der Waals surface area contributed by atoms with Crippen molar-refractivity contribution in [3.8, 4) is 0 Å². The van der Waals surface area contributed by atoms with Crippen molar-refractivity contribution in [1.29, 1.82) is 0 Å². The predicted molar refractivity (Wildman–Crippen MR) is 70.9 cm³/mol. The van der Waals surface area contributed by atoms with Crippen LogP contribution in [0.2, 0.25) is 5.02 Å². The highest BCUT2D eigenvalue weighted by Crippen LogP contribution is 2.31. The summed E-state index contributed by atoms with van der Waals surface area (Å²) in [5.74, 6) is 0. The van der Waals surface area contributed by atoms with E-state index in [4.69, 9.17) is 21.4 Å². The maximum absolute atomic E-state index is 10.7. The molecule has 1 fully saturated rings. The van der Waals surface area contributed by atoms with Crippen LogP contribution in [-0.2, 0) is 4.74 Å². The first-order valence-electron chi connectivity index (χ1n) is 5.70. The monoisotopic (exact) mass is 270 g/mol. The Hall–Kier alpha value is -1.46. The fraction of sp³-hybridized carbons (Fsp3) is 0.417. The van der Waals surface area contributed by atoms with Crippen molar-refractivity contribution in [3.63, 3.8) is 0 Å². The minimum Gasteiger partial charge on any atom is -0.465 e. The third-order valence-electron chi connectivity index (χ3n) is 2.92. The van der Waals surface area contributed by atoms with Gasteiger partial charge in [0.15, 0.2) is 0 Å². The zero-order valence-corrected chi connectivity index (χ0v) is 10.8. The molecule has 1 heterocycles. The Morgan fingerprint density at radius 1 is 1.44 bits per heavy atom. The second-order valence-corrected chi connectivity index (χ2v) is 4.54. The van der Waals surface area contributed by atoms with Crippen LogP contribution >= 0.6 is 11.6 Å². The number of rotatable bonds is 2. The van der Waals surface area contributed by atoms with Crippen LogP contribution in [0.5, 0.6) is 0 Å². The predicted octanol–water partition coefficient (Wildman–Crippen LogP) is 2.57. The summed E-state index contributed by atoms with van der Waals surface area (Å²) in [6, 6.07) is 3.43. The molecule has 2 rings (SSSR count). The molecule has 18 heavy (non-hydrogen) atoms. The lowest BCUT2D eigenvalue weighted by Gasteiger charge is -2.30. The Kier molecular flexibility index (Phi) is 3.93. The van der Waals surface area contributed by atoms with Gasteiger partial charge in [0, 0.05) is 29.5 Å². The minimum absolute atomic E-state index is 0.486. The number of carboxylic acid groups (broad SMARTS) is 1. The van der Waals surface area contributed by atoms with Gasteiger partial charge < -0.3 is 14.7 Å². The molecule has 1 aliphatic heterocycles. The molecular weight excluding hydrogens is 256 g/mol. The molecule has 0 bridgehead atoms. The maximum atomic E-state index is 10.7. The van der Waals surface area contributed by atoms with Crippen LogP contribution in [0.15, 0.2) is 12.1 Å². The first-order chi connectivity index (χ1) is 8.58. The maximum Gasteiger partial charge on any atom is 0.409 e. The number of nitrogens with zero attached hydrogens (tertiary/aromatic N) is 1. The average Bonchev–Trinajstić information content (AvgIpc) is 2.34. The van der Waals surface area contributed by atoms with Crippen LogP contribution in [0.4, 0.5) is 16.2 Å². The number of carbonyl (C=O) groups is 1. The van der Waals surface area contributed by atoms with E-state index in [2.05, 4.69) is 10.2 Å². The van der Waals surface area contributed by atoms with E-state index in [-0.39, 0.29) is 0 Å². The van der Waals surface area contributed by atoms with Crippen molar-refractivity contribution in [2.75, 3.05) is 36.5 Å². The Labute approximate surface area is 110 Å². The number of amides is 1. The van der Waals surface area contributed by atoms with Gasteiger partial charge in [-0.05, 0) is 24.6 Å². The van der Waals surface area contributed by atoms with Crippen LogP contribution in [0.3, 0.4) is 0 Å². The quantitative estimate of drug-likeness (QED) is 0.867. The average molecular weight is 271 g/mol. The fourth-order valence-corrected chi connectivity index (χ4v) is 2.21. The topological polar surface area (TPSA) is 61.8 Å². The Balaban J connectivity index is 2.32. The Bertz CT molecular complexity index is 459. The highest BCUT2D eigenvalue weighted by atomic mass is 35.5. The van der Waals surface area contributed by atoms with Crippen molar-refractivity contribution in [1.82, 2.24) is 0 Å². The third-order valence-corrected chi connectivity index (χ3v) is 3.31. The van der Waals surface area contributed by atoms with Crippen LogP contribution in [-0.4, -0.2) is 37.5 Å². The number of hydrogen-bond donors (Lipinski definition) is 2. The number of halogens is 1. The van der Waals surface area contributed by atoms with Crippen molar-refractivity contribution < 1.29 is 14.6 Å².